The molecule has 3 heteroatoms. The molecule has 2 aromatic rings. The average Bonchev–Trinajstić information content (AvgIpc) is 2.55. The molecule has 0 unspecified atom stereocenters. The molecular weight excluding hydrogens is 286 g/mol. The van der Waals surface area contributed by atoms with Gasteiger partial charge in [0.25, 0.3) is 0 Å². The largest absolute Gasteiger partial charge is 0.496 e. The van der Waals surface area contributed by atoms with Crippen LogP contribution in [0, 0.1) is 13.8 Å². The highest BCUT2D eigenvalue weighted by Gasteiger charge is 2.07. The van der Waals surface area contributed by atoms with E-state index in [-0.39, 0.29) is 5.91 Å². The van der Waals surface area contributed by atoms with Gasteiger partial charge in [0.2, 0.25) is 5.91 Å². The summed E-state index contributed by atoms with van der Waals surface area (Å²) in [4.78, 5) is 12.3. The maximum absolute atomic E-state index is 12.3. The third kappa shape index (κ3) is 4.22. The summed E-state index contributed by atoms with van der Waals surface area (Å²) in [6, 6.07) is 11.9. The Labute approximate surface area is 138 Å². The van der Waals surface area contributed by atoms with Crippen LogP contribution in [0.3, 0.4) is 0 Å². The van der Waals surface area contributed by atoms with Crippen molar-refractivity contribution < 1.29 is 9.53 Å². The first kappa shape index (κ1) is 16.8. The first-order valence-corrected chi connectivity index (χ1v) is 7.77. The normalized spacial score (nSPS) is 10.8. The molecule has 0 aliphatic heterocycles. The molecule has 0 bridgehead atoms. The van der Waals surface area contributed by atoms with Gasteiger partial charge in [-0.15, -0.1) is 0 Å². The number of anilines is 1. The van der Waals surface area contributed by atoms with E-state index in [1.807, 2.05) is 50.2 Å². The number of carbonyl (C=O) groups excluding carboxylic acids is 1. The molecule has 3 nitrogen and oxygen atoms in total. The van der Waals surface area contributed by atoms with E-state index in [0.29, 0.717) is 0 Å². The Morgan fingerprint density at radius 3 is 2.70 bits per heavy atom. The molecule has 0 aromatic heterocycles. The number of ether oxygens (including phenoxy) is 1. The van der Waals surface area contributed by atoms with Gasteiger partial charge in [0.1, 0.15) is 5.75 Å². The monoisotopic (exact) mass is 309 g/mol. The maximum atomic E-state index is 12.3. The summed E-state index contributed by atoms with van der Waals surface area (Å²) in [5.41, 5.74) is 5.13. The fourth-order valence-electron chi connectivity index (χ4n) is 2.52. The van der Waals surface area contributed by atoms with Crippen LogP contribution in [-0.4, -0.2) is 13.0 Å². The fraction of sp³-hybridized carbons (Fsp3) is 0.250. The van der Waals surface area contributed by atoms with Crippen LogP contribution < -0.4 is 10.1 Å². The molecule has 0 saturated heterocycles. The molecule has 0 radical (unpaired) electrons. The van der Waals surface area contributed by atoms with Crippen LogP contribution in [0.15, 0.2) is 42.5 Å². The van der Waals surface area contributed by atoms with E-state index in [2.05, 4.69) is 12.2 Å². The minimum Gasteiger partial charge on any atom is -0.496 e. The van der Waals surface area contributed by atoms with Gasteiger partial charge >= 0.3 is 0 Å². The van der Waals surface area contributed by atoms with Crippen molar-refractivity contribution in [1.82, 2.24) is 0 Å². The lowest BCUT2D eigenvalue weighted by atomic mass is 10.1. The fourth-order valence-corrected chi connectivity index (χ4v) is 2.52. The molecule has 2 rings (SSSR count). The lowest BCUT2D eigenvalue weighted by Gasteiger charge is -2.11. The number of nitrogens with one attached hydrogen (secondary N) is 1. The van der Waals surface area contributed by atoms with Crippen molar-refractivity contribution in [2.24, 2.45) is 0 Å². The Hall–Kier alpha value is -2.55. The van der Waals surface area contributed by atoms with E-state index < -0.39 is 0 Å². The molecule has 0 atom stereocenters. The Bertz CT molecular complexity index is 732. The lowest BCUT2D eigenvalue weighted by Crippen LogP contribution is -2.11. The first-order valence-electron chi connectivity index (χ1n) is 7.77. The van der Waals surface area contributed by atoms with Crippen LogP contribution in [0.4, 0.5) is 5.69 Å². The quantitative estimate of drug-likeness (QED) is 0.824. The second-order valence-corrected chi connectivity index (χ2v) is 5.53. The second kappa shape index (κ2) is 7.63. The van der Waals surface area contributed by atoms with E-state index in [0.717, 1.165) is 40.1 Å². The van der Waals surface area contributed by atoms with Crippen molar-refractivity contribution in [3.63, 3.8) is 0 Å². The molecule has 1 amide bonds. The van der Waals surface area contributed by atoms with Gasteiger partial charge in [-0.2, -0.15) is 0 Å². The number of aryl methyl sites for hydroxylation is 3. The Balaban J connectivity index is 2.19. The van der Waals surface area contributed by atoms with E-state index in [1.54, 1.807) is 19.3 Å². The Morgan fingerprint density at radius 2 is 2.00 bits per heavy atom. The van der Waals surface area contributed by atoms with Gasteiger partial charge in [-0.05, 0) is 49.6 Å². The predicted octanol–water partition coefficient (Wildman–Crippen LogP) is 4.53. The van der Waals surface area contributed by atoms with E-state index in [4.69, 9.17) is 4.74 Å². The van der Waals surface area contributed by atoms with Crippen LogP contribution in [-0.2, 0) is 11.2 Å². The van der Waals surface area contributed by atoms with Crippen LogP contribution in [0.25, 0.3) is 6.08 Å². The summed E-state index contributed by atoms with van der Waals surface area (Å²) < 4.78 is 5.32. The van der Waals surface area contributed by atoms with Crippen LogP contribution >= 0.6 is 0 Å². The zero-order valence-electron chi connectivity index (χ0n) is 14.1. The summed E-state index contributed by atoms with van der Waals surface area (Å²) in [6.45, 7) is 6.09. The smallest absolute Gasteiger partial charge is 0.248 e. The number of hydrogen-bond donors (Lipinski definition) is 1. The Morgan fingerprint density at radius 1 is 1.22 bits per heavy atom. The van der Waals surface area contributed by atoms with Gasteiger partial charge in [-0.3, -0.25) is 4.79 Å². The molecule has 0 spiro atoms. The highest BCUT2D eigenvalue weighted by atomic mass is 16.5. The standard InChI is InChI=1S/C20H23NO2/c1-5-16-8-6-7-15(3)20(16)21-19(22)12-10-17-13-14(2)9-11-18(17)23-4/h6-13H,5H2,1-4H3,(H,21,22)/b12-10+. The van der Waals surface area contributed by atoms with Crippen molar-refractivity contribution in [2.45, 2.75) is 27.2 Å². The van der Waals surface area contributed by atoms with Crippen LogP contribution in [0.1, 0.15) is 29.2 Å². The van der Waals surface area contributed by atoms with Gasteiger partial charge in [0.15, 0.2) is 0 Å². The molecule has 1 N–H and O–H groups in total. The summed E-state index contributed by atoms with van der Waals surface area (Å²) >= 11 is 0. The average molecular weight is 309 g/mol. The molecule has 2 aromatic carbocycles. The van der Waals surface area contributed by atoms with Crippen molar-refractivity contribution in [3.8, 4) is 5.75 Å². The predicted molar refractivity (Wildman–Crippen MR) is 96.0 cm³/mol. The lowest BCUT2D eigenvalue weighted by molar-refractivity contribution is -0.111. The highest BCUT2D eigenvalue weighted by Crippen LogP contribution is 2.23. The molecule has 0 saturated carbocycles. The van der Waals surface area contributed by atoms with E-state index >= 15 is 0 Å². The van der Waals surface area contributed by atoms with Crippen LogP contribution in [0.2, 0.25) is 0 Å². The number of carbonyl (C=O) groups is 1. The van der Waals surface area contributed by atoms with Gasteiger partial charge in [0, 0.05) is 17.3 Å². The van der Waals surface area contributed by atoms with Crippen molar-refractivity contribution in [2.75, 3.05) is 12.4 Å². The number of para-hydroxylation sites is 1. The topological polar surface area (TPSA) is 38.3 Å². The van der Waals surface area contributed by atoms with Gasteiger partial charge in [-0.25, -0.2) is 0 Å². The third-order valence-electron chi connectivity index (χ3n) is 3.79. The van der Waals surface area contributed by atoms with Gasteiger partial charge in [0.05, 0.1) is 7.11 Å². The van der Waals surface area contributed by atoms with Crippen LogP contribution in [0.5, 0.6) is 5.75 Å². The first-order chi connectivity index (χ1) is 11.0. The van der Waals surface area contributed by atoms with Crippen molar-refractivity contribution in [1.29, 1.82) is 0 Å². The molecule has 0 aliphatic carbocycles. The van der Waals surface area contributed by atoms with Gasteiger partial charge in [-0.1, -0.05) is 36.8 Å². The van der Waals surface area contributed by atoms with E-state index in [9.17, 15) is 4.79 Å². The number of amides is 1. The third-order valence-corrected chi connectivity index (χ3v) is 3.79. The number of rotatable bonds is 5. The summed E-state index contributed by atoms with van der Waals surface area (Å²) in [6.07, 6.45) is 4.21. The minimum atomic E-state index is -0.141. The summed E-state index contributed by atoms with van der Waals surface area (Å²) in [7, 11) is 1.63. The molecule has 120 valence electrons. The highest BCUT2D eigenvalue weighted by molar-refractivity contribution is 6.03. The van der Waals surface area contributed by atoms with Crippen molar-refractivity contribution in [3.05, 3.63) is 64.7 Å². The molecule has 0 aliphatic rings. The Kier molecular flexibility index (Phi) is 5.58. The second-order valence-electron chi connectivity index (χ2n) is 5.53. The number of hydrogen-bond acceptors (Lipinski definition) is 2. The maximum Gasteiger partial charge on any atom is 0.248 e. The molecule has 23 heavy (non-hydrogen) atoms. The minimum absolute atomic E-state index is 0.141. The molecule has 0 heterocycles. The molecular formula is C20H23NO2. The number of methoxy groups -OCH3 is 1. The molecule has 0 fully saturated rings. The SMILES string of the molecule is CCc1cccc(C)c1NC(=O)/C=C/c1cc(C)ccc1OC. The number of benzene rings is 2. The zero-order valence-corrected chi connectivity index (χ0v) is 14.1. The van der Waals surface area contributed by atoms with E-state index in [1.165, 1.54) is 0 Å². The summed E-state index contributed by atoms with van der Waals surface area (Å²) in [5, 5.41) is 2.99. The summed E-state index contributed by atoms with van der Waals surface area (Å²) in [5.74, 6) is 0.613. The van der Waals surface area contributed by atoms with Crippen molar-refractivity contribution >= 4 is 17.7 Å². The zero-order chi connectivity index (χ0) is 16.8. The van der Waals surface area contributed by atoms with Gasteiger partial charge < -0.3 is 10.1 Å².